The van der Waals surface area contributed by atoms with Crippen molar-refractivity contribution in [3.8, 4) is 0 Å². The molecule has 1 fully saturated rings. The van der Waals surface area contributed by atoms with Gasteiger partial charge in [0.2, 0.25) is 0 Å². The minimum absolute atomic E-state index is 0.843. The number of H-pyrrole nitrogens is 1. The molecule has 0 aliphatic carbocycles. The molecule has 1 aromatic heterocycles. The standard InChI is InChI=1S/C19H27N3/c1-2-6-17(7-3-1)8-4-14-22-15-5-9-18(16-22)10-11-19-20-12-13-21-19/h1-3,6-7,12-13,18H,4-5,8-11,14-16H2,(H,20,21). The highest BCUT2D eigenvalue weighted by Crippen LogP contribution is 2.21. The molecule has 0 amide bonds. The van der Waals surface area contributed by atoms with E-state index in [1.807, 2.05) is 12.4 Å². The van der Waals surface area contributed by atoms with E-state index in [0.29, 0.717) is 0 Å². The number of imidazole rings is 1. The lowest BCUT2D eigenvalue weighted by Gasteiger charge is -2.32. The Bertz CT molecular complexity index is 521. The lowest BCUT2D eigenvalue weighted by atomic mass is 9.93. The number of nitrogens with one attached hydrogen (secondary N) is 1. The number of hydrogen-bond donors (Lipinski definition) is 1. The van der Waals surface area contributed by atoms with E-state index in [2.05, 4.69) is 45.2 Å². The van der Waals surface area contributed by atoms with Gasteiger partial charge in [-0.25, -0.2) is 4.98 Å². The molecule has 0 saturated carbocycles. The van der Waals surface area contributed by atoms with Crippen LogP contribution in [0.5, 0.6) is 0 Å². The minimum Gasteiger partial charge on any atom is -0.349 e. The Morgan fingerprint density at radius 1 is 1.18 bits per heavy atom. The van der Waals surface area contributed by atoms with Crippen molar-refractivity contribution in [1.82, 2.24) is 14.9 Å². The van der Waals surface area contributed by atoms with Gasteiger partial charge in [0.15, 0.2) is 0 Å². The van der Waals surface area contributed by atoms with Gasteiger partial charge in [-0.1, -0.05) is 30.3 Å². The molecule has 22 heavy (non-hydrogen) atoms. The van der Waals surface area contributed by atoms with E-state index < -0.39 is 0 Å². The zero-order valence-corrected chi connectivity index (χ0v) is 13.4. The molecular weight excluding hydrogens is 270 g/mol. The molecule has 118 valence electrons. The molecule has 3 rings (SSSR count). The Labute approximate surface area is 133 Å². The molecular formula is C19H27N3. The maximum absolute atomic E-state index is 4.33. The van der Waals surface area contributed by atoms with Gasteiger partial charge in [0.05, 0.1) is 0 Å². The number of benzene rings is 1. The zero-order valence-electron chi connectivity index (χ0n) is 13.4. The first kappa shape index (κ1) is 15.3. The Kier molecular flexibility index (Phi) is 5.66. The predicted octanol–water partition coefficient (Wildman–Crippen LogP) is 3.69. The van der Waals surface area contributed by atoms with E-state index in [4.69, 9.17) is 0 Å². The van der Waals surface area contributed by atoms with Crippen molar-refractivity contribution in [1.29, 1.82) is 0 Å². The van der Waals surface area contributed by atoms with Crippen LogP contribution in [0.25, 0.3) is 0 Å². The molecule has 2 heterocycles. The van der Waals surface area contributed by atoms with Crippen molar-refractivity contribution in [3.63, 3.8) is 0 Å². The number of aryl methyl sites for hydroxylation is 2. The van der Waals surface area contributed by atoms with Gasteiger partial charge in [-0.15, -0.1) is 0 Å². The highest BCUT2D eigenvalue weighted by Gasteiger charge is 2.19. The predicted molar refractivity (Wildman–Crippen MR) is 90.8 cm³/mol. The second kappa shape index (κ2) is 8.14. The van der Waals surface area contributed by atoms with Gasteiger partial charge in [0, 0.05) is 25.4 Å². The van der Waals surface area contributed by atoms with Crippen LogP contribution in [0.1, 0.15) is 37.1 Å². The molecule has 1 saturated heterocycles. The first-order valence-electron chi connectivity index (χ1n) is 8.65. The van der Waals surface area contributed by atoms with E-state index in [1.165, 1.54) is 57.3 Å². The van der Waals surface area contributed by atoms with Gasteiger partial charge in [-0.05, 0) is 56.7 Å². The summed E-state index contributed by atoms with van der Waals surface area (Å²) < 4.78 is 0. The quantitative estimate of drug-likeness (QED) is 0.845. The van der Waals surface area contributed by atoms with E-state index >= 15 is 0 Å². The fourth-order valence-electron chi connectivity index (χ4n) is 3.52. The molecule has 1 atom stereocenters. The summed E-state index contributed by atoms with van der Waals surface area (Å²) in [5, 5.41) is 0. The molecule has 1 unspecified atom stereocenters. The number of nitrogens with zero attached hydrogens (tertiary/aromatic N) is 2. The Morgan fingerprint density at radius 2 is 2.09 bits per heavy atom. The number of aromatic amines is 1. The third-order valence-corrected chi connectivity index (χ3v) is 4.73. The van der Waals surface area contributed by atoms with Crippen LogP contribution in [0.4, 0.5) is 0 Å². The number of hydrogen-bond acceptors (Lipinski definition) is 2. The van der Waals surface area contributed by atoms with E-state index in [-0.39, 0.29) is 0 Å². The Balaban J connectivity index is 1.37. The summed E-state index contributed by atoms with van der Waals surface area (Å²) >= 11 is 0. The van der Waals surface area contributed by atoms with Crippen LogP contribution >= 0.6 is 0 Å². The summed E-state index contributed by atoms with van der Waals surface area (Å²) in [7, 11) is 0. The lowest BCUT2D eigenvalue weighted by Crippen LogP contribution is -2.36. The molecule has 1 aliphatic rings. The second-order valence-corrected chi connectivity index (χ2v) is 6.47. The normalized spacial score (nSPS) is 19.4. The topological polar surface area (TPSA) is 31.9 Å². The summed E-state index contributed by atoms with van der Waals surface area (Å²) in [5.41, 5.74) is 1.47. The SMILES string of the molecule is c1ccc(CCCN2CCCC(CCc3ncc[nH]3)C2)cc1. The average Bonchev–Trinajstić information content (AvgIpc) is 3.08. The number of likely N-dealkylation sites (tertiary alicyclic amines) is 1. The highest BCUT2D eigenvalue weighted by atomic mass is 15.1. The van der Waals surface area contributed by atoms with Crippen molar-refractivity contribution in [2.24, 2.45) is 5.92 Å². The minimum atomic E-state index is 0.843. The average molecular weight is 297 g/mol. The maximum atomic E-state index is 4.33. The second-order valence-electron chi connectivity index (χ2n) is 6.47. The number of piperidine rings is 1. The molecule has 3 heteroatoms. The van der Waals surface area contributed by atoms with Gasteiger partial charge < -0.3 is 9.88 Å². The van der Waals surface area contributed by atoms with Crippen molar-refractivity contribution in [3.05, 3.63) is 54.1 Å². The summed E-state index contributed by atoms with van der Waals surface area (Å²) in [6, 6.07) is 10.9. The van der Waals surface area contributed by atoms with Crippen LogP contribution in [0.15, 0.2) is 42.7 Å². The van der Waals surface area contributed by atoms with Gasteiger partial charge in [0.1, 0.15) is 5.82 Å². The smallest absolute Gasteiger partial charge is 0.106 e. The van der Waals surface area contributed by atoms with Gasteiger partial charge in [-0.2, -0.15) is 0 Å². The van der Waals surface area contributed by atoms with Gasteiger partial charge >= 0.3 is 0 Å². The summed E-state index contributed by atoms with van der Waals surface area (Å²) in [5.74, 6) is 1.98. The van der Waals surface area contributed by atoms with Crippen molar-refractivity contribution in [2.75, 3.05) is 19.6 Å². The molecule has 1 aromatic carbocycles. The molecule has 3 nitrogen and oxygen atoms in total. The monoisotopic (exact) mass is 297 g/mol. The number of aromatic nitrogens is 2. The molecule has 0 radical (unpaired) electrons. The van der Waals surface area contributed by atoms with E-state index in [1.54, 1.807) is 0 Å². The third-order valence-electron chi connectivity index (χ3n) is 4.73. The van der Waals surface area contributed by atoms with Crippen molar-refractivity contribution in [2.45, 2.75) is 38.5 Å². The fraction of sp³-hybridized carbons (Fsp3) is 0.526. The van der Waals surface area contributed by atoms with Crippen LogP contribution in [-0.2, 0) is 12.8 Å². The fourth-order valence-corrected chi connectivity index (χ4v) is 3.52. The van der Waals surface area contributed by atoms with Crippen LogP contribution in [-0.4, -0.2) is 34.5 Å². The van der Waals surface area contributed by atoms with Gasteiger partial charge in [0.25, 0.3) is 0 Å². The number of rotatable bonds is 7. The van der Waals surface area contributed by atoms with Crippen LogP contribution in [0.3, 0.4) is 0 Å². The van der Waals surface area contributed by atoms with E-state index in [9.17, 15) is 0 Å². The molecule has 0 bridgehead atoms. The van der Waals surface area contributed by atoms with Crippen molar-refractivity contribution < 1.29 is 0 Å². The summed E-state index contributed by atoms with van der Waals surface area (Å²) in [6.07, 6.45) is 11.4. The van der Waals surface area contributed by atoms with E-state index in [0.717, 1.165) is 18.2 Å². The Morgan fingerprint density at radius 3 is 2.91 bits per heavy atom. The molecule has 1 aliphatic heterocycles. The van der Waals surface area contributed by atoms with Crippen molar-refractivity contribution >= 4 is 0 Å². The first-order chi connectivity index (χ1) is 10.9. The summed E-state index contributed by atoms with van der Waals surface area (Å²) in [6.45, 7) is 3.80. The molecule has 2 aromatic rings. The van der Waals surface area contributed by atoms with Crippen LogP contribution in [0, 0.1) is 5.92 Å². The van der Waals surface area contributed by atoms with Gasteiger partial charge in [-0.3, -0.25) is 0 Å². The highest BCUT2D eigenvalue weighted by molar-refractivity contribution is 5.14. The first-order valence-corrected chi connectivity index (χ1v) is 8.65. The Hall–Kier alpha value is -1.61. The van der Waals surface area contributed by atoms with Crippen LogP contribution < -0.4 is 0 Å². The maximum Gasteiger partial charge on any atom is 0.106 e. The zero-order chi connectivity index (χ0) is 15.0. The lowest BCUT2D eigenvalue weighted by molar-refractivity contribution is 0.167. The third kappa shape index (κ3) is 4.70. The molecule has 1 N–H and O–H groups in total. The largest absolute Gasteiger partial charge is 0.349 e. The van der Waals surface area contributed by atoms with Crippen LogP contribution in [0.2, 0.25) is 0 Å². The summed E-state index contributed by atoms with van der Waals surface area (Å²) in [4.78, 5) is 10.2. The molecule has 0 spiro atoms.